The van der Waals surface area contributed by atoms with Crippen LogP contribution in [0.15, 0.2) is 48.5 Å². The van der Waals surface area contributed by atoms with E-state index in [1.165, 1.54) is 0 Å². The van der Waals surface area contributed by atoms with Crippen LogP contribution >= 0.6 is 0 Å². The van der Waals surface area contributed by atoms with Crippen LogP contribution < -0.4 is 5.32 Å². The number of hydrogen-bond acceptors (Lipinski definition) is 6. The van der Waals surface area contributed by atoms with Crippen LogP contribution in [0.2, 0.25) is 0 Å². The number of hydrogen-bond donors (Lipinski definition) is 2. The monoisotopic (exact) mass is 351 g/mol. The van der Waals surface area contributed by atoms with Crippen LogP contribution in [0.5, 0.6) is 0 Å². The number of rotatable bonds is 6. The zero-order valence-corrected chi connectivity index (χ0v) is 14.8. The number of nitrogens with one attached hydrogen (secondary N) is 1. The number of fused-ring (bicyclic) bond motifs is 1. The SMILES string of the molecule is CCOC(=O)c1nnc2ccccc2c1NCC(O)c1cccc(C)c1. The van der Waals surface area contributed by atoms with Crippen LogP contribution in [-0.2, 0) is 4.74 Å². The number of benzene rings is 2. The van der Waals surface area contributed by atoms with Crippen LogP contribution in [0.3, 0.4) is 0 Å². The third-order valence-corrected chi connectivity index (χ3v) is 4.04. The first-order chi connectivity index (χ1) is 12.6. The normalized spacial score (nSPS) is 12.0. The Kier molecular flexibility index (Phi) is 5.43. The Bertz CT molecular complexity index is 927. The molecule has 0 saturated carbocycles. The number of aromatic nitrogens is 2. The second-order valence-corrected chi connectivity index (χ2v) is 5.97. The molecule has 2 N–H and O–H groups in total. The molecule has 0 radical (unpaired) electrons. The second-order valence-electron chi connectivity index (χ2n) is 5.97. The highest BCUT2D eigenvalue weighted by molar-refractivity contribution is 6.03. The number of carbonyl (C=O) groups is 1. The van der Waals surface area contributed by atoms with E-state index in [1.807, 2.05) is 55.5 Å². The minimum atomic E-state index is -0.725. The van der Waals surface area contributed by atoms with Gasteiger partial charge in [-0.25, -0.2) is 4.79 Å². The van der Waals surface area contributed by atoms with Crippen molar-refractivity contribution in [1.29, 1.82) is 0 Å². The van der Waals surface area contributed by atoms with Crippen molar-refractivity contribution in [1.82, 2.24) is 10.2 Å². The van der Waals surface area contributed by atoms with Gasteiger partial charge in [0.1, 0.15) is 0 Å². The van der Waals surface area contributed by atoms with Crippen molar-refractivity contribution in [3.63, 3.8) is 0 Å². The first kappa shape index (κ1) is 17.8. The van der Waals surface area contributed by atoms with Gasteiger partial charge in [-0.05, 0) is 25.5 Å². The Labute approximate surface area is 151 Å². The third kappa shape index (κ3) is 3.81. The van der Waals surface area contributed by atoms with Crippen LogP contribution in [0.25, 0.3) is 10.9 Å². The summed E-state index contributed by atoms with van der Waals surface area (Å²) in [4.78, 5) is 12.2. The van der Waals surface area contributed by atoms with E-state index in [0.717, 1.165) is 16.5 Å². The standard InChI is InChI=1S/C20H21N3O3/c1-3-26-20(25)19-18(15-9-4-5-10-16(15)22-23-19)21-12-17(24)14-8-6-7-13(2)11-14/h4-11,17,24H,3,12H2,1-2H3,(H,21,22). The summed E-state index contributed by atoms with van der Waals surface area (Å²) >= 11 is 0. The fourth-order valence-corrected chi connectivity index (χ4v) is 2.77. The van der Waals surface area contributed by atoms with Crippen molar-refractivity contribution in [2.75, 3.05) is 18.5 Å². The van der Waals surface area contributed by atoms with Gasteiger partial charge in [-0.15, -0.1) is 10.2 Å². The maximum absolute atomic E-state index is 12.2. The minimum absolute atomic E-state index is 0.113. The van der Waals surface area contributed by atoms with Crippen LogP contribution in [0, 0.1) is 6.92 Å². The van der Waals surface area contributed by atoms with Crippen molar-refractivity contribution < 1.29 is 14.6 Å². The topological polar surface area (TPSA) is 84.3 Å². The molecule has 0 fully saturated rings. The molecule has 1 atom stereocenters. The third-order valence-electron chi connectivity index (χ3n) is 4.04. The average molecular weight is 351 g/mol. The van der Waals surface area contributed by atoms with Gasteiger partial charge in [-0.2, -0.15) is 0 Å². The van der Waals surface area contributed by atoms with E-state index >= 15 is 0 Å². The fourth-order valence-electron chi connectivity index (χ4n) is 2.77. The molecule has 0 saturated heterocycles. The number of aryl methyl sites for hydroxylation is 1. The van der Waals surface area contributed by atoms with Gasteiger partial charge >= 0.3 is 5.97 Å². The number of carbonyl (C=O) groups excluding carboxylic acids is 1. The second kappa shape index (κ2) is 7.93. The van der Waals surface area contributed by atoms with E-state index in [9.17, 15) is 9.90 Å². The maximum Gasteiger partial charge on any atom is 0.361 e. The average Bonchev–Trinajstić information content (AvgIpc) is 2.65. The molecule has 3 aromatic rings. The highest BCUT2D eigenvalue weighted by Crippen LogP contribution is 2.26. The molecule has 0 aliphatic heterocycles. The Morgan fingerprint density at radius 1 is 1.19 bits per heavy atom. The number of esters is 1. The van der Waals surface area contributed by atoms with E-state index in [-0.39, 0.29) is 18.8 Å². The quantitative estimate of drug-likeness (QED) is 0.663. The summed E-state index contributed by atoms with van der Waals surface area (Å²) in [6.45, 7) is 4.19. The van der Waals surface area contributed by atoms with Gasteiger partial charge < -0.3 is 15.2 Å². The summed E-state index contributed by atoms with van der Waals surface area (Å²) in [5.74, 6) is -0.543. The van der Waals surface area contributed by atoms with Crippen LogP contribution in [0.1, 0.15) is 34.6 Å². The lowest BCUT2D eigenvalue weighted by Crippen LogP contribution is -2.17. The molecule has 1 unspecified atom stereocenters. The molecule has 2 aromatic carbocycles. The molecular formula is C20H21N3O3. The predicted molar refractivity (Wildman–Crippen MR) is 100 cm³/mol. The highest BCUT2D eigenvalue weighted by atomic mass is 16.5. The van der Waals surface area contributed by atoms with Crippen LogP contribution in [0.4, 0.5) is 5.69 Å². The summed E-state index contributed by atoms with van der Waals surface area (Å²) in [5.41, 5.74) is 3.17. The summed E-state index contributed by atoms with van der Waals surface area (Å²) in [5, 5.41) is 22.5. The molecule has 1 heterocycles. The van der Waals surface area contributed by atoms with E-state index in [1.54, 1.807) is 6.92 Å². The van der Waals surface area contributed by atoms with Gasteiger partial charge in [0.25, 0.3) is 0 Å². The van der Waals surface area contributed by atoms with Gasteiger partial charge in [0.15, 0.2) is 5.69 Å². The number of ether oxygens (including phenoxy) is 1. The first-order valence-electron chi connectivity index (χ1n) is 8.51. The highest BCUT2D eigenvalue weighted by Gasteiger charge is 2.19. The lowest BCUT2D eigenvalue weighted by atomic mass is 10.1. The number of aliphatic hydroxyl groups excluding tert-OH is 1. The lowest BCUT2D eigenvalue weighted by molar-refractivity contribution is 0.0519. The molecular weight excluding hydrogens is 330 g/mol. The molecule has 6 nitrogen and oxygen atoms in total. The van der Waals surface area contributed by atoms with Gasteiger partial charge in [0.05, 0.1) is 23.9 Å². The first-order valence-corrected chi connectivity index (χ1v) is 8.51. The molecule has 1 aromatic heterocycles. The van der Waals surface area contributed by atoms with Crippen LogP contribution in [-0.4, -0.2) is 34.4 Å². The van der Waals surface area contributed by atoms with E-state index in [0.29, 0.717) is 11.2 Å². The van der Waals surface area contributed by atoms with Gasteiger partial charge in [0.2, 0.25) is 0 Å². The Morgan fingerprint density at radius 2 is 2.00 bits per heavy atom. The summed E-state index contributed by atoms with van der Waals surface area (Å²) in [6.07, 6.45) is -0.725. The van der Waals surface area contributed by atoms with Gasteiger partial charge in [-0.3, -0.25) is 0 Å². The zero-order valence-electron chi connectivity index (χ0n) is 14.8. The van der Waals surface area contributed by atoms with Gasteiger partial charge in [0, 0.05) is 11.9 Å². The predicted octanol–water partition coefficient (Wildman–Crippen LogP) is 3.26. The minimum Gasteiger partial charge on any atom is -0.461 e. The van der Waals surface area contributed by atoms with E-state index in [2.05, 4.69) is 15.5 Å². The fraction of sp³-hybridized carbons (Fsp3) is 0.250. The van der Waals surface area contributed by atoms with E-state index < -0.39 is 12.1 Å². The zero-order chi connectivity index (χ0) is 18.5. The lowest BCUT2D eigenvalue weighted by Gasteiger charge is -2.16. The van der Waals surface area contributed by atoms with E-state index in [4.69, 9.17) is 4.74 Å². The van der Waals surface area contributed by atoms with Crippen molar-refractivity contribution in [3.8, 4) is 0 Å². The number of nitrogens with zero attached hydrogens (tertiary/aromatic N) is 2. The van der Waals surface area contributed by atoms with Crippen molar-refractivity contribution in [2.24, 2.45) is 0 Å². The molecule has 0 aliphatic rings. The van der Waals surface area contributed by atoms with Crippen molar-refractivity contribution in [2.45, 2.75) is 20.0 Å². The largest absolute Gasteiger partial charge is 0.461 e. The summed E-state index contributed by atoms with van der Waals surface area (Å²) in [6, 6.07) is 15.1. The van der Waals surface area contributed by atoms with Crippen molar-refractivity contribution in [3.05, 3.63) is 65.4 Å². The van der Waals surface area contributed by atoms with Gasteiger partial charge in [-0.1, -0.05) is 48.0 Å². The Balaban J connectivity index is 1.92. The molecule has 0 aliphatic carbocycles. The molecule has 134 valence electrons. The Hall–Kier alpha value is -2.99. The summed E-state index contributed by atoms with van der Waals surface area (Å²) < 4.78 is 5.08. The molecule has 26 heavy (non-hydrogen) atoms. The molecule has 0 spiro atoms. The molecule has 3 rings (SSSR count). The molecule has 6 heteroatoms. The number of aliphatic hydroxyl groups is 1. The molecule has 0 amide bonds. The summed E-state index contributed by atoms with van der Waals surface area (Å²) in [7, 11) is 0. The van der Waals surface area contributed by atoms with Crippen molar-refractivity contribution >= 4 is 22.6 Å². The smallest absolute Gasteiger partial charge is 0.361 e. The Morgan fingerprint density at radius 3 is 2.77 bits per heavy atom. The number of anilines is 1. The molecule has 0 bridgehead atoms. The maximum atomic E-state index is 12.2.